The fourth-order valence-electron chi connectivity index (χ4n) is 1.19. The SMILES string of the molecule is CCOC(=O)CCc1ccc(Cl)cc1Cl. The molecule has 4 heteroatoms. The average Bonchev–Trinajstić information content (AvgIpc) is 2.17. The third-order valence-corrected chi connectivity index (χ3v) is 2.51. The standard InChI is InChI=1S/C11H12Cl2O2/c1-2-15-11(14)6-4-8-3-5-9(12)7-10(8)13/h3,5,7H,2,4,6H2,1H3. The molecular formula is C11H12Cl2O2. The Morgan fingerprint density at radius 3 is 2.73 bits per heavy atom. The minimum Gasteiger partial charge on any atom is -0.466 e. The Balaban J connectivity index is 2.54. The lowest BCUT2D eigenvalue weighted by Crippen LogP contribution is -2.05. The number of carbonyl (C=O) groups excluding carboxylic acids is 1. The van der Waals surface area contributed by atoms with Crippen LogP contribution in [0, 0.1) is 0 Å². The molecule has 0 aliphatic heterocycles. The van der Waals surface area contributed by atoms with Crippen molar-refractivity contribution in [3.8, 4) is 0 Å². The van der Waals surface area contributed by atoms with Crippen LogP contribution in [0.3, 0.4) is 0 Å². The summed E-state index contributed by atoms with van der Waals surface area (Å²) >= 11 is 11.7. The molecule has 0 atom stereocenters. The molecule has 1 rings (SSSR count). The molecule has 0 heterocycles. The summed E-state index contributed by atoms with van der Waals surface area (Å²) in [6.07, 6.45) is 0.921. The van der Waals surface area contributed by atoms with Gasteiger partial charge in [-0.3, -0.25) is 4.79 Å². The van der Waals surface area contributed by atoms with E-state index >= 15 is 0 Å². The summed E-state index contributed by atoms with van der Waals surface area (Å²) < 4.78 is 4.82. The second-order valence-corrected chi connectivity index (χ2v) is 3.88. The number of benzene rings is 1. The molecule has 0 amide bonds. The molecule has 0 aromatic heterocycles. The maximum atomic E-state index is 11.1. The van der Waals surface area contributed by atoms with E-state index < -0.39 is 0 Å². The molecule has 0 N–H and O–H groups in total. The van der Waals surface area contributed by atoms with Gasteiger partial charge in [-0.15, -0.1) is 0 Å². The first-order valence-corrected chi connectivity index (χ1v) is 5.48. The third-order valence-electron chi connectivity index (χ3n) is 1.92. The highest BCUT2D eigenvalue weighted by atomic mass is 35.5. The van der Waals surface area contributed by atoms with Crippen molar-refractivity contribution < 1.29 is 9.53 Å². The largest absolute Gasteiger partial charge is 0.466 e. The van der Waals surface area contributed by atoms with Gasteiger partial charge in [0.15, 0.2) is 0 Å². The smallest absolute Gasteiger partial charge is 0.306 e. The fourth-order valence-corrected chi connectivity index (χ4v) is 1.70. The minimum atomic E-state index is -0.205. The van der Waals surface area contributed by atoms with E-state index in [1.165, 1.54) is 0 Å². The summed E-state index contributed by atoms with van der Waals surface area (Å²) in [5, 5.41) is 1.19. The van der Waals surface area contributed by atoms with Crippen molar-refractivity contribution in [2.24, 2.45) is 0 Å². The molecule has 0 bridgehead atoms. The number of hydrogen-bond acceptors (Lipinski definition) is 2. The van der Waals surface area contributed by atoms with E-state index in [4.69, 9.17) is 27.9 Å². The molecule has 1 aromatic carbocycles. The van der Waals surface area contributed by atoms with Gasteiger partial charge in [0.2, 0.25) is 0 Å². The van der Waals surface area contributed by atoms with Crippen LogP contribution in [0.25, 0.3) is 0 Å². The topological polar surface area (TPSA) is 26.3 Å². The highest BCUT2D eigenvalue weighted by Gasteiger charge is 2.05. The van der Waals surface area contributed by atoms with Crippen molar-refractivity contribution in [3.05, 3.63) is 33.8 Å². The maximum absolute atomic E-state index is 11.1. The van der Waals surface area contributed by atoms with Crippen LogP contribution in [-0.4, -0.2) is 12.6 Å². The van der Waals surface area contributed by atoms with Crippen LogP contribution in [0.4, 0.5) is 0 Å². The maximum Gasteiger partial charge on any atom is 0.306 e. The fraction of sp³-hybridized carbons (Fsp3) is 0.364. The Bertz CT molecular complexity index is 350. The minimum absolute atomic E-state index is 0.205. The van der Waals surface area contributed by atoms with Crippen LogP contribution in [0.1, 0.15) is 18.9 Å². The van der Waals surface area contributed by atoms with Crippen molar-refractivity contribution in [3.63, 3.8) is 0 Å². The molecule has 0 spiro atoms. The van der Waals surface area contributed by atoms with Gasteiger partial charge in [0.1, 0.15) is 0 Å². The summed E-state index contributed by atoms with van der Waals surface area (Å²) in [6.45, 7) is 2.19. The first-order valence-electron chi connectivity index (χ1n) is 4.73. The molecule has 0 aliphatic rings. The molecule has 0 fully saturated rings. The predicted molar refractivity (Wildman–Crippen MR) is 61.4 cm³/mol. The number of carbonyl (C=O) groups is 1. The summed E-state index contributed by atoms with van der Waals surface area (Å²) in [4.78, 5) is 11.1. The van der Waals surface area contributed by atoms with Gasteiger partial charge < -0.3 is 4.74 Å². The number of esters is 1. The summed E-state index contributed by atoms with van der Waals surface area (Å²) in [6, 6.07) is 5.25. The molecule has 2 nitrogen and oxygen atoms in total. The van der Waals surface area contributed by atoms with E-state index in [9.17, 15) is 4.79 Å². The van der Waals surface area contributed by atoms with E-state index in [0.29, 0.717) is 29.5 Å². The van der Waals surface area contributed by atoms with Gasteiger partial charge in [0, 0.05) is 16.5 Å². The lowest BCUT2D eigenvalue weighted by Gasteiger charge is -2.04. The first-order chi connectivity index (χ1) is 7.13. The van der Waals surface area contributed by atoms with Crippen LogP contribution in [-0.2, 0) is 16.0 Å². The highest BCUT2D eigenvalue weighted by Crippen LogP contribution is 2.22. The predicted octanol–water partition coefficient (Wildman–Crippen LogP) is 3.49. The second kappa shape index (κ2) is 5.99. The summed E-state index contributed by atoms with van der Waals surface area (Å²) in [7, 11) is 0. The van der Waals surface area contributed by atoms with Crippen molar-refractivity contribution in [1.82, 2.24) is 0 Å². The zero-order valence-corrected chi connectivity index (χ0v) is 9.94. The van der Waals surface area contributed by atoms with Crippen molar-refractivity contribution in [1.29, 1.82) is 0 Å². The monoisotopic (exact) mass is 246 g/mol. The number of halogens is 2. The Morgan fingerprint density at radius 1 is 1.40 bits per heavy atom. The number of rotatable bonds is 4. The number of hydrogen-bond donors (Lipinski definition) is 0. The van der Waals surface area contributed by atoms with Gasteiger partial charge in [-0.05, 0) is 31.0 Å². The Kier molecular flexibility index (Phi) is 4.92. The van der Waals surface area contributed by atoms with Crippen LogP contribution in [0.5, 0.6) is 0 Å². The zero-order chi connectivity index (χ0) is 11.3. The Labute approximate surface area is 99.1 Å². The molecular weight excluding hydrogens is 235 g/mol. The molecule has 1 aromatic rings. The molecule has 0 unspecified atom stereocenters. The number of ether oxygens (including phenoxy) is 1. The lowest BCUT2D eigenvalue weighted by atomic mass is 10.1. The van der Waals surface area contributed by atoms with Gasteiger partial charge in [0.05, 0.1) is 6.61 Å². The zero-order valence-electron chi connectivity index (χ0n) is 8.43. The van der Waals surface area contributed by atoms with Crippen LogP contribution in [0.2, 0.25) is 10.0 Å². The van der Waals surface area contributed by atoms with Crippen molar-refractivity contribution in [2.45, 2.75) is 19.8 Å². The van der Waals surface area contributed by atoms with Crippen LogP contribution < -0.4 is 0 Å². The van der Waals surface area contributed by atoms with Crippen LogP contribution in [0.15, 0.2) is 18.2 Å². The Hall–Kier alpha value is -0.730. The van der Waals surface area contributed by atoms with E-state index in [1.54, 1.807) is 19.1 Å². The van der Waals surface area contributed by atoms with Gasteiger partial charge in [0.25, 0.3) is 0 Å². The normalized spacial score (nSPS) is 10.1. The molecule has 0 saturated heterocycles. The summed E-state index contributed by atoms with van der Waals surface area (Å²) in [5.74, 6) is -0.205. The second-order valence-electron chi connectivity index (χ2n) is 3.04. The lowest BCUT2D eigenvalue weighted by molar-refractivity contribution is -0.143. The highest BCUT2D eigenvalue weighted by molar-refractivity contribution is 6.35. The van der Waals surface area contributed by atoms with E-state index in [1.807, 2.05) is 6.07 Å². The number of aryl methyl sites for hydroxylation is 1. The quantitative estimate of drug-likeness (QED) is 0.761. The van der Waals surface area contributed by atoms with E-state index in [-0.39, 0.29) is 5.97 Å². The van der Waals surface area contributed by atoms with Gasteiger partial charge in [-0.1, -0.05) is 29.3 Å². The van der Waals surface area contributed by atoms with Gasteiger partial charge in [-0.25, -0.2) is 0 Å². The van der Waals surface area contributed by atoms with Gasteiger partial charge >= 0.3 is 5.97 Å². The average molecular weight is 247 g/mol. The molecule has 0 radical (unpaired) electrons. The molecule has 0 aliphatic carbocycles. The van der Waals surface area contributed by atoms with E-state index in [0.717, 1.165) is 5.56 Å². The molecule has 15 heavy (non-hydrogen) atoms. The van der Waals surface area contributed by atoms with Gasteiger partial charge in [-0.2, -0.15) is 0 Å². The Morgan fingerprint density at radius 2 is 2.13 bits per heavy atom. The molecule has 82 valence electrons. The van der Waals surface area contributed by atoms with Crippen molar-refractivity contribution >= 4 is 29.2 Å². The third kappa shape index (κ3) is 4.10. The van der Waals surface area contributed by atoms with E-state index in [2.05, 4.69) is 0 Å². The first kappa shape index (κ1) is 12.3. The molecule has 0 saturated carbocycles. The van der Waals surface area contributed by atoms with Crippen molar-refractivity contribution in [2.75, 3.05) is 6.61 Å². The summed E-state index contributed by atoms with van der Waals surface area (Å²) in [5.41, 5.74) is 0.911. The van der Waals surface area contributed by atoms with Crippen LogP contribution >= 0.6 is 23.2 Å².